The highest BCUT2D eigenvalue weighted by Crippen LogP contribution is 2.28. The maximum Gasteiger partial charge on any atom is 0.0441 e. The molecule has 0 aliphatic heterocycles. The van der Waals surface area contributed by atoms with Crippen LogP contribution in [0, 0.1) is 5.92 Å². The van der Waals surface area contributed by atoms with Crippen molar-refractivity contribution in [2.24, 2.45) is 5.92 Å². The fourth-order valence-corrected chi connectivity index (χ4v) is 1.98. The molecule has 1 unspecified atom stereocenters. The monoisotopic (exact) mass is 258 g/mol. The Morgan fingerprint density at radius 2 is 1.88 bits per heavy atom. The van der Waals surface area contributed by atoms with Crippen LogP contribution >= 0.6 is 23.2 Å². The van der Waals surface area contributed by atoms with Gasteiger partial charge in [0.25, 0.3) is 0 Å². The molecule has 0 saturated heterocycles. The molecule has 1 atom stereocenters. The van der Waals surface area contributed by atoms with Gasteiger partial charge >= 0.3 is 0 Å². The highest BCUT2D eigenvalue weighted by molar-refractivity contribution is 6.31. The quantitative estimate of drug-likeness (QED) is 0.666. The Bertz CT molecular complexity index is 350. The number of hydrogen-bond acceptors (Lipinski definition) is 0. The molecule has 0 spiro atoms. The van der Waals surface area contributed by atoms with E-state index in [2.05, 4.69) is 45.9 Å². The minimum absolute atomic E-state index is 0.153. The maximum absolute atomic E-state index is 6.29. The summed E-state index contributed by atoms with van der Waals surface area (Å²) in [6.45, 7) is 8.72. The molecule has 90 valence electrons. The Kier molecular flexibility index (Phi) is 4.70. The Morgan fingerprint density at radius 1 is 1.25 bits per heavy atom. The lowest BCUT2D eigenvalue weighted by molar-refractivity contribution is 0.589. The maximum atomic E-state index is 6.29. The van der Waals surface area contributed by atoms with Crippen molar-refractivity contribution >= 4 is 23.2 Å². The lowest BCUT2D eigenvalue weighted by Crippen LogP contribution is -2.11. The smallest absolute Gasteiger partial charge is 0.0441 e. The fraction of sp³-hybridized carbons (Fsp3) is 0.571. The van der Waals surface area contributed by atoms with Crippen LogP contribution in [0.25, 0.3) is 0 Å². The second kappa shape index (κ2) is 5.42. The normalized spacial score (nSPS) is 13.9. The second-order valence-corrected chi connectivity index (χ2v) is 6.24. The van der Waals surface area contributed by atoms with Crippen LogP contribution in [-0.2, 0) is 11.8 Å². The van der Waals surface area contributed by atoms with Crippen molar-refractivity contribution in [3.8, 4) is 0 Å². The van der Waals surface area contributed by atoms with E-state index < -0.39 is 0 Å². The van der Waals surface area contributed by atoms with E-state index in [-0.39, 0.29) is 5.41 Å². The Hall–Kier alpha value is -0.200. The average molecular weight is 259 g/mol. The highest BCUT2D eigenvalue weighted by Gasteiger charge is 2.15. The van der Waals surface area contributed by atoms with Gasteiger partial charge in [0.15, 0.2) is 0 Å². The third-order valence-electron chi connectivity index (χ3n) is 2.75. The molecule has 16 heavy (non-hydrogen) atoms. The molecular weight excluding hydrogens is 239 g/mol. The predicted molar refractivity (Wildman–Crippen MR) is 73.7 cm³/mol. The van der Waals surface area contributed by atoms with Gasteiger partial charge in [-0.15, -0.1) is 11.6 Å². The average Bonchev–Trinajstić information content (AvgIpc) is 2.19. The zero-order chi connectivity index (χ0) is 12.3. The van der Waals surface area contributed by atoms with Crippen molar-refractivity contribution < 1.29 is 0 Å². The van der Waals surface area contributed by atoms with Gasteiger partial charge in [-0.1, -0.05) is 51.4 Å². The molecule has 0 bridgehead atoms. The molecule has 1 aromatic carbocycles. The van der Waals surface area contributed by atoms with Crippen LogP contribution in [0.1, 0.15) is 38.8 Å². The van der Waals surface area contributed by atoms with E-state index in [1.807, 2.05) is 0 Å². The van der Waals surface area contributed by atoms with Crippen molar-refractivity contribution in [2.75, 3.05) is 5.88 Å². The van der Waals surface area contributed by atoms with Crippen LogP contribution in [0.5, 0.6) is 0 Å². The third kappa shape index (κ3) is 3.68. The van der Waals surface area contributed by atoms with Crippen LogP contribution in [0.15, 0.2) is 18.2 Å². The van der Waals surface area contributed by atoms with E-state index in [0.717, 1.165) is 11.4 Å². The summed E-state index contributed by atoms with van der Waals surface area (Å²) < 4.78 is 0. The van der Waals surface area contributed by atoms with Gasteiger partial charge in [0, 0.05) is 10.9 Å². The molecule has 0 amide bonds. The summed E-state index contributed by atoms with van der Waals surface area (Å²) in [6, 6.07) is 6.38. The summed E-state index contributed by atoms with van der Waals surface area (Å²) in [7, 11) is 0. The van der Waals surface area contributed by atoms with Gasteiger partial charge in [0.05, 0.1) is 0 Å². The standard InChI is InChI=1S/C14H20Cl2/c1-10(9-15)7-11-5-6-12(8-13(11)16)14(2,3)4/h5-6,8,10H,7,9H2,1-4H3. The minimum Gasteiger partial charge on any atom is -0.126 e. The van der Waals surface area contributed by atoms with Crippen LogP contribution in [0.2, 0.25) is 5.02 Å². The number of rotatable bonds is 3. The van der Waals surface area contributed by atoms with Gasteiger partial charge in [0.1, 0.15) is 0 Å². The first-order chi connectivity index (χ1) is 7.34. The van der Waals surface area contributed by atoms with Crippen molar-refractivity contribution in [1.82, 2.24) is 0 Å². The van der Waals surface area contributed by atoms with E-state index in [1.54, 1.807) is 0 Å². The molecule has 0 fully saturated rings. The SMILES string of the molecule is CC(CCl)Cc1ccc(C(C)(C)C)cc1Cl. The summed E-state index contributed by atoms with van der Waals surface area (Å²) >= 11 is 12.1. The zero-order valence-corrected chi connectivity index (χ0v) is 12.0. The van der Waals surface area contributed by atoms with E-state index in [0.29, 0.717) is 11.8 Å². The molecule has 0 saturated carbocycles. The van der Waals surface area contributed by atoms with Gasteiger partial charge in [-0.25, -0.2) is 0 Å². The zero-order valence-electron chi connectivity index (χ0n) is 10.5. The lowest BCUT2D eigenvalue weighted by atomic mass is 9.86. The van der Waals surface area contributed by atoms with Crippen LogP contribution in [0.4, 0.5) is 0 Å². The molecule has 1 aromatic rings. The Morgan fingerprint density at radius 3 is 2.31 bits per heavy atom. The molecule has 0 heterocycles. The van der Waals surface area contributed by atoms with Gasteiger partial charge in [-0.3, -0.25) is 0 Å². The second-order valence-electron chi connectivity index (χ2n) is 5.52. The van der Waals surface area contributed by atoms with Crippen LogP contribution < -0.4 is 0 Å². The Labute approximate surface area is 109 Å². The van der Waals surface area contributed by atoms with Crippen molar-refractivity contribution in [3.63, 3.8) is 0 Å². The summed E-state index contributed by atoms with van der Waals surface area (Å²) in [5, 5.41) is 0.865. The van der Waals surface area contributed by atoms with Gasteiger partial charge in [0.2, 0.25) is 0 Å². The molecule has 2 heteroatoms. The summed E-state index contributed by atoms with van der Waals surface area (Å²) in [5.74, 6) is 1.15. The fourth-order valence-electron chi connectivity index (χ4n) is 1.61. The van der Waals surface area contributed by atoms with Gasteiger partial charge in [-0.05, 0) is 34.9 Å². The highest BCUT2D eigenvalue weighted by atomic mass is 35.5. The first-order valence-corrected chi connectivity index (χ1v) is 6.60. The topological polar surface area (TPSA) is 0 Å². The summed E-state index contributed by atoms with van der Waals surface area (Å²) in [4.78, 5) is 0. The summed E-state index contributed by atoms with van der Waals surface area (Å²) in [6.07, 6.45) is 0.951. The molecule has 0 aromatic heterocycles. The number of benzene rings is 1. The van der Waals surface area contributed by atoms with Crippen LogP contribution in [-0.4, -0.2) is 5.88 Å². The number of alkyl halides is 1. The number of hydrogen-bond donors (Lipinski definition) is 0. The Balaban J connectivity index is 2.92. The van der Waals surface area contributed by atoms with Gasteiger partial charge < -0.3 is 0 Å². The van der Waals surface area contributed by atoms with Crippen molar-refractivity contribution in [1.29, 1.82) is 0 Å². The largest absolute Gasteiger partial charge is 0.126 e. The molecule has 0 N–H and O–H groups in total. The van der Waals surface area contributed by atoms with E-state index >= 15 is 0 Å². The molecule has 0 radical (unpaired) electrons. The van der Waals surface area contributed by atoms with Gasteiger partial charge in [-0.2, -0.15) is 0 Å². The molecule has 0 aliphatic carbocycles. The molecular formula is C14H20Cl2. The first-order valence-electron chi connectivity index (χ1n) is 5.69. The molecule has 0 aliphatic rings. The van der Waals surface area contributed by atoms with Crippen molar-refractivity contribution in [3.05, 3.63) is 34.3 Å². The third-order valence-corrected chi connectivity index (χ3v) is 3.63. The summed E-state index contributed by atoms with van der Waals surface area (Å²) in [5.41, 5.74) is 2.63. The first kappa shape index (κ1) is 13.9. The van der Waals surface area contributed by atoms with E-state index in [9.17, 15) is 0 Å². The van der Waals surface area contributed by atoms with Crippen LogP contribution in [0.3, 0.4) is 0 Å². The minimum atomic E-state index is 0.153. The van der Waals surface area contributed by atoms with E-state index in [4.69, 9.17) is 23.2 Å². The number of halogens is 2. The molecule has 0 nitrogen and oxygen atoms in total. The lowest BCUT2D eigenvalue weighted by Gasteiger charge is -2.20. The van der Waals surface area contributed by atoms with Crippen molar-refractivity contribution in [2.45, 2.75) is 39.5 Å². The molecule has 1 rings (SSSR count). The van der Waals surface area contributed by atoms with E-state index in [1.165, 1.54) is 11.1 Å². The predicted octanol–water partition coefficient (Wildman–Crippen LogP) is 5.05.